The zero-order chi connectivity index (χ0) is 16.3. The number of methoxy groups -OCH3 is 1. The number of anilines is 1. The fourth-order valence-electron chi connectivity index (χ4n) is 2.05. The van der Waals surface area contributed by atoms with Crippen molar-refractivity contribution in [3.05, 3.63) is 39.2 Å². The molecule has 22 heavy (non-hydrogen) atoms. The molecule has 1 N–H and O–H groups in total. The Labute approximate surface area is 145 Å². The van der Waals surface area contributed by atoms with Gasteiger partial charge < -0.3 is 10.1 Å². The minimum atomic E-state index is -0.493. The number of ether oxygens (including phenoxy) is 1. The number of aryl methyl sites for hydroxylation is 1. The highest BCUT2D eigenvalue weighted by Gasteiger charge is 2.24. The highest BCUT2D eigenvalue weighted by atomic mass is 79.9. The summed E-state index contributed by atoms with van der Waals surface area (Å²) in [6, 6.07) is 7.59. The van der Waals surface area contributed by atoms with E-state index in [9.17, 15) is 9.59 Å². The van der Waals surface area contributed by atoms with E-state index in [1.807, 2.05) is 31.2 Å². The summed E-state index contributed by atoms with van der Waals surface area (Å²) in [7, 11) is 1.31. The highest BCUT2D eigenvalue weighted by molar-refractivity contribution is 9.10. The van der Waals surface area contributed by atoms with Crippen LogP contribution < -0.4 is 5.32 Å². The fraction of sp³-hybridized carbons (Fsp3) is 0.200. The summed E-state index contributed by atoms with van der Waals surface area (Å²) in [6.07, 6.45) is 0. The van der Waals surface area contributed by atoms with Gasteiger partial charge in [-0.3, -0.25) is 4.79 Å². The quantitative estimate of drug-likeness (QED) is 0.607. The minimum absolute atomic E-state index is 0.175. The second-order valence-electron chi connectivity index (χ2n) is 4.42. The van der Waals surface area contributed by atoms with E-state index in [1.54, 1.807) is 0 Å². The molecule has 0 saturated heterocycles. The highest BCUT2D eigenvalue weighted by Crippen LogP contribution is 2.40. The molecule has 2 aromatic rings. The van der Waals surface area contributed by atoms with Crippen LogP contribution in [0.3, 0.4) is 0 Å². The minimum Gasteiger partial charge on any atom is -0.465 e. The molecule has 0 atom stereocenters. The van der Waals surface area contributed by atoms with Gasteiger partial charge in [0.25, 0.3) is 0 Å². The van der Waals surface area contributed by atoms with Crippen LogP contribution in [-0.4, -0.2) is 24.9 Å². The second-order valence-corrected chi connectivity index (χ2v) is 6.83. The van der Waals surface area contributed by atoms with E-state index in [0.717, 1.165) is 20.5 Å². The van der Waals surface area contributed by atoms with Crippen molar-refractivity contribution in [2.75, 3.05) is 18.3 Å². The predicted octanol–water partition coefficient (Wildman–Crippen LogP) is 4.45. The molecule has 4 nitrogen and oxygen atoms in total. The SMILES string of the molecule is COC(=O)c1c(NC(=O)CCl)sc(C)c1-c1ccc(Br)cc1. The van der Waals surface area contributed by atoms with Crippen LogP contribution >= 0.6 is 38.9 Å². The van der Waals surface area contributed by atoms with E-state index in [2.05, 4.69) is 21.2 Å². The van der Waals surface area contributed by atoms with E-state index < -0.39 is 5.97 Å². The molecule has 1 aromatic carbocycles. The largest absolute Gasteiger partial charge is 0.465 e. The maximum absolute atomic E-state index is 12.2. The summed E-state index contributed by atoms with van der Waals surface area (Å²) in [5.74, 6) is -1.03. The number of halogens is 2. The molecule has 1 heterocycles. The van der Waals surface area contributed by atoms with Gasteiger partial charge in [0.15, 0.2) is 0 Å². The Morgan fingerprint density at radius 3 is 2.50 bits per heavy atom. The Morgan fingerprint density at radius 1 is 1.32 bits per heavy atom. The summed E-state index contributed by atoms with van der Waals surface area (Å²) in [5, 5.41) is 3.11. The van der Waals surface area contributed by atoms with Gasteiger partial charge in [-0.2, -0.15) is 0 Å². The summed E-state index contributed by atoms with van der Waals surface area (Å²) in [4.78, 5) is 24.6. The van der Waals surface area contributed by atoms with E-state index in [-0.39, 0.29) is 11.8 Å². The molecule has 1 aromatic heterocycles. The fourth-order valence-corrected chi connectivity index (χ4v) is 3.47. The van der Waals surface area contributed by atoms with Crippen LogP contribution in [0.25, 0.3) is 11.1 Å². The van der Waals surface area contributed by atoms with Gasteiger partial charge in [0, 0.05) is 14.9 Å². The summed E-state index contributed by atoms with van der Waals surface area (Å²) in [5.41, 5.74) is 1.99. The molecule has 7 heteroatoms. The van der Waals surface area contributed by atoms with Crippen LogP contribution in [-0.2, 0) is 9.53 Å². The van der Waals surface area contributed by atoms with Gasteiger partial charge >= 0.3 is 5.97 Å². The molecule has 0 unspecified atom stereocenters. The third-order valence-electron chi connectivity index (χ3n) is 2.98. The van der Waals surface area contributed by atoms with Crippen LogP contribution in [0.15, 0.2) is 28.7 Å². The third kappa shape index (κ3) is 3.51. The molecular weight excluding hydrogens is 390 g/mol. The van der Waals surface area contributed by atoms with Crippen molar-refractivity contribution in [3.8, 4) is 11.1 Å². The maximum atomic E-state index is 12.2. The van der Waals surface area contributed by atoms with Crippen molar-refractivity contribution < 1.29 is 14.3 Å². The first-order valence-electron chi connectivity index (χ1n) is 6.31. The van der Waals surface area contributed by atoms with Crippen LogP contribution in [0.5, 0.6) is 0 Å². The Hall–Kier alpha value is -1.37. The normalized spacial score (nSPS) is 10.4. The summed E-state index contributed by atoms with van der Waals surface area (Å²) < 4.78 is 5.81. The van der Waals surface area contributed by atoms with Crippen molar-refractivity contribution in [1.29, 1.82) is 0 Å². The molecule has 116 valence electrons. The number of hydrogen-bond acceptors (Lipinski definition) is 4. The van der Waals surface area contributed by atoms with Gasteiger partial charge in [0.05, 0.1) is 7.11 Å². The average molecular weight is 403 g/mol. The number of benzene rings is 1. The lowest BCUT2D eigenvalue weighted by Gasteiger charge is -2.07. The topological polar surface area (TPSA) is 55.4 Å². The Morgan fingerprint density at radius 2 is 1.95 bits per heavy atom. The molecule has 0 saturated carbocycles. The number of hydrogen-bond donors (Lipinski definition) is 1. The molecule has 0 aliphatic heterocycles. The van der Waals surface area contributed by atoms with Crippen LogP contribution in [0, 0.1) is 6.92 Å². The molecule has 0 radical (unpaired) electrons. The first-order chi connectivity index (χ1) is 10.5. The standard InChI is InChI=1S/C15H13BrClNO3S/c1-8-12(9-3-5-10(16)6-4-9)13(15(20)21-2)14(22-8)18-11(19)7-17/h3-6H,7H2,1-2H3,(H,18,19). The van der Waals surface area contributed by atoms with Crippen LogP contribution in [0.1, 0.15) is 15.2 Å². The number of nitrogens with one attached hydrogen (secondary N) is 1. The second kappa shape index (κ2) is 7.26. The number of rotatable bonds is 4. The first kappa shape index (κ1) is 17.0. The number of thiophene rings is 1. The van der Waals surface area contributed by atoms with E-state index in [0.29, 0.717) is 10.6 Å². The van der Waals surface area contributed by atoms with Crippen molar-refractivity contribution in [3.63, 3.8) is 0 Å². The number of carbonyl (C=O) groups excluding carboxylic acids is 2. The van der Waals surface area contributed by atoms with Crippen molar-refractivity contribution in [2.45, 2.75) is 6.92 Å². The maximum Gasteiger partial charge on any atom is 0.341 e. The third-order valence-corrected chi connectivity index (χ3v) is 4.77. The molecule has 0 aliphatic rings. The van der Waals surface area contributed by atoms with Gasteiger partial charge in [0.1, 0.15) is 16.4 Å². The van der Waals surface area contributed by atoms with Gasteiger partial charge in [-0.25, -0.2) is 4.79 Å². The van der Waals surface area contributed by atoms with Gasteiger partial charge in [0.2, 0.25) is 5.91 Å². The van der Waals surface area contributed by atoms with Crippen molar-refractivity contribution in [1.82, 2.24) is 0 Å². The number of amides is 1. The number of carbonyl (C=O) groups is 2. The summed E-state index contributed by atoms with van der Waals surface area (Å²) in [6.45, 7) is 1.89. The molecule has 0 bridgehead atoms. The molecule has 2 rings (SSSR count). The Kier molecular flexibility index (Phi) is 5.61. The van der Waals surface area contributed by atoms with Crippen LogP contribution in [0.2, 0.25) is 0 Å². The lowest BCUT2D eigenvalue weighted by Crippen LogP contribution is -2.14. The molecule has 1 amide bonds. The molecule has 0 spiro atoms. The van der Waals surface area contributed by atoms with E-state index in [4.69, 9.17) is 16.3 Å². The van der Waals surface area contributed by atoms with Crippen molar-refractivity contribution >= 4 is 55.7 Å². The lowest BCUT2D eigenvalue weighted by atomic mass is 10.0. The smallest absolute Gasteiger partial charge is 0.341 e. The first-order valence-corrected chi connectivity index (χ1v) is 8.45. The molecule has 0 fully saturated rings. The van der Waals surface area contributed by atoms with Gasteiger partial charge in [-0.05, 0) is 24.6 Å². The van der Waals surface area contributed by atoms with Crippen LogP contribution in [0.4, 0.5) is 5.00 Å². The lowest BCUT2D eigenvalue weighted by molar-refractivity contribution is -0.113. The zero-order valence-corrected chi connectivity index (χ0v) is 15.1. The van der Waals surface area contributed by atoms with Crippen molar-refractivity contribution in [2.24, 2.45) is 0 Å². The summed E-state index contributed by atoms with van der Waals surface area (Å²) >= 11 is 10.2. The van der Waals surface area contributed by atoms with E-state index >= 15 is 0 Å². The number of esters is 1. The molecular formula is C15H13BrClNO3S. The average Bonchev–Trinajstić information content (AvgIpc) is 2.83. The molecule has 0 aliphatic carbocycles. The van der Waals surface area contributed by atoms with E-state index in [1.165, 1.54) is 18.4 Å². The Balaban J connectivity index is 2.59. The van der Waals surface area contributed by atoms with Gasteiger partial charge in [-0.15, -0.1) is 22.9 Å². The Bertz CT molecular complexity index is 712. The monoisotopic (exact) mass is 401 g/mol. The zero-order valence-electron chi connectivity index (χ0n) is 11.9. The number of alkyl halides is 1. The van der Waals surface area contributed by atoms with Gasteiger partial charge in [-0.1, -0.05) is 28.1 Å². The predicted molar refractivity (Wildman–Crippen MR) is 92.9 cm³/mol.